The summed E-state index contributed by atoms with van der Waals surface area (Å²) in [6.07, 6.45) is 4.33. The predicted octanol–water partition coefficient (Wildman–Crippen LogP) is 5.54. The van der Waals surface area contributed by atoms with Crippen LogP contribution in [0.3, 0.4) is 0 Å². The lowest BCUT2D eigenvalue weighted by Crippen LogP contribution is -2.48. The molecule has 0 atom stereocenters. The molecule has 0 unspecified atom stereocenters. The monoisotopic (exact) mass is 529 g/mol. The van der Waals surface area contributed by atoms with Gasteiger partial charge in [-0.05, 0) is 23.8 Å². The van der Waals surface area contributed by atoms with Gasteiger partial charge in [-0.15, -0.1) is 0 Å². The topological polar surface area (TPSA) is 63.0 Å². The Morgan fingerprint density at radius 3 is 2.33 bits per heavy atom. The van der Waals surface area contributed by atoms with Crippen molar-refractivity contribution in [2.24, 2.45) is 0 Å². The van der Waals surface area contributed by atoms with Crippen LogP contribution in [0.25, 0.3) is 34.2 Å². The maximum Gasteiger partial charge on any atom is 0.272 e. The molecule has 2 aromatic heterocycles. The first kappa shape index (κ1) is 25.5. The molecule has 0 bridgehead atoms. The number of rotatable bonds is 7. The molecule has 1 saturated heterocycles. The van der Waals surface area contributed by atoms with Crippen LogP contribution in [0, 0.1) is 0 Å². The SMILES string of the molecule is COc1ccccc1-c1cc(C(=O)N2CCN(C/C=C/c3ccccc3)CC2)nc2cc(-c3ccccc3)nn12. The molecule has 5 aromatic rings. The Morgan fingerprint density at radius 1 is 0.875 bits per heavy atom. The number of aromatic nitrogens is 3. The van der Waals surface area contributed by atoms with Gasteiger partial charge in [0.15, 0.2) is 5.65 Å². The molecule has 1 fully saturated rings. The van der Waals surface area contributed by atoms with E-state index < -0.39 is 0 Å². The molecule has 1 amide bonds. The van der Waals surface area contributed by atoms with Gasteiger partial charge < -0.3 is 9.64 Å². The summed E-state index contributed by atoms with van der Waals surface area (Å²) in [6.45, 7) is 3.80. The van der Waals surface area contributed by atoms with Crippen molar-refractivity contribution in [3.8, 4) is 28.3 Å². The number of ether oxygens (including phenoxy) is 1. The second kappa shape index (κ2) is 11.6. The number of methoxy groups -OCH3 is 1. The van der Waals surface area contributed by atoms with E-state index in [1.165, 1.54) is 5.56 Å². The zero-order chi connectivity index (χ0) is 27.3. The molecule has 0 spiro atoms. The number of hydrogen-bond donors (Lipinski definition) is 0. The maximum atomic E-state index is 13.7. The summed E-state index contributed by atoms with van der Waals surface area (Å²) in [5.74, 6) is 0.642. The number of para-hydroxylation sites is 1. The average molecular weight is 530 g/mol. The van der Waals surface area contributed by atoms with E-state index in [9.17, 15) is 4.79 Å². The molecular formula is C33H31N5O2. The zero-order valence-corrected chi connectivity index (χ0v) is 22.5. The minimum absolute atomic E-state index is 0.0689. The molecule has 6 rings (SSSR count). The lowest BCUT2D eigenvalue weighted by Gasteiger charge is -2.34. The highest BCUT2D eigenvalue weighted by Crippen LogP contribution is 2.32. The third kappa shape index (κ3) is 5.37. The molecule has 0 aliphatic carbocycles. The number of piperazine rings is 1. The van der Waals surface area contributed by atoms with Crippen molar-refractivity contribution < 1.29 is 9.53 Å². The van der Waals surface area contributed by atoms with Crippen molar-refractivity contribution in [2.75, 3.05) is 39.8 Å². The highest BCUT2D eigenvalue weighted by atomic mass is 16.5. The van der Waals surface area contributed by atoms with Crippen molar-refractivity contribution in [1.29, 1.82) is 0 Å². The van der Waals surface area contributed by atoms with Gasteiger partial charge in [0.05, 0.1) is 18.5 Å². The minimum Gasteiger partial charge on any atom is -0.496 e. The van der Waals surface area contributed by atoms with Crippen molar-refractivity contribution in [3.63, 3.8) is 0 Å². The summed E-state index contributed by atoms with van der Waals surface area (Å²) in [6, 6.07) is 31.8. The largest absolute Gasteiger partial charge is 0.496 e. The standard InChI is InChI=1S/C33H31N5O2/c1-40-31-17-9-8-16-27(31)30-23-29(34-32-24-28(35-38(30)32)26-14-6-3-7-15-26)33(39)37-21-19-36(20-22-37)18-10-13-25-11-4-2-5-12-25/h2-17,23-24H,18-22H2,1H3/b13-10+. The lowest BCUT2D eigenvalue weighted by atomic mass is 10.1. The Labute approximate surface area is 234 Å². The zero-order valence-electron chi connectivity index (χ0n) is 22.5. The number of nitrogens with zero attached hydrogens (tertiary/aromatic N) is 5. The fourth-order valence-corrected chi connectivity index (χ4v) is 5.08. The predicted molar refractivity (Wildman–Crippen MR) is 158 cm³/mol. The summed E-state index contributed by atoms with van der Waals surface area (Å²) in [5.41, 5.74) is 5.62. The van der Waals surface area contributed by atoms with Crippen molar-refractivity contribution in [3.05, 3.63) is 114 Å². The van der Waals surface area contributed by atoms with Crippen LogP contribution in [-0.2, 0) is 0 Å². The van der Waals surface area contributed by atoms with Crippen LogP contribution in [0.5, 0.6) is 5.75 Å². The second-order valence-corrected chi connectivity index (χ2v) is 9.80. The smallest absolute Gasteiger partial charge is 0.272 e. The van der Waals surface area contributed by atoms with E-state index in [1.54, 1.807) is 11.6 Å². The normalized spacial score (nSPS) is 14.2. The van der Waals surface area contributed by atoms with Gasteiger partial charge in [-0.3, -0.25) is 9.69 Å². The fourth-order valence-electron chi connectivity index (χ4n) is 5.08. The molecule has 7 nitrogen and oxygen atoms in total. The van der Waals surface area contributed by atoms with E-state index in [0.717, 1.165) is 42.1 Å². The molecule has 1 aliphatic rings. The first-order chi connectivity index (χ1) is 19.7. The molecule has 200 valence electrons. The van der Waals surface area contributed by atoms with Gasteiger partial charge in [-0.2, -0.15) is 5.10 Å². The van der Waals surface area contributed by atoms with E-state index in [2.05, 4.69) is 29.2 Å². The van der Waals surface area contributed by atoms with Crippen LogP contribution in [0.15, 0.2) is 103 Å². The first-order valence-electron chi connectivity index (χ1n) is 13.5. The first-order valence-corrected chi connectivity index (χ1v) is 13.5. The number of carbonyl (C=O) groups is 1. The highest BCUT2D eigenvalue weighted by molar-refractivity contribution is 5.94. The van der Waals surface area contributed by atoms with Gasteiger partial charge in [0.1, 0.15) is 11.4 Å². The van der Waals surface area contributed by atoms with Crippen molar-refractivity contribution in [1.82, 2.24) is 24.4 Å². The Kier molecular flexibility index (Phi) is 7.37. The Balaban J connectivity index is 1.26. The average Bonchev–Trinajstić information content (AvgIpc) is 3.46. The van der Waals surface area contributed by atoms with Crippen molar-refractivity contribution in [2.45, 2.75) is 0 Å². The molecule has 3 aromatic carbocycles. The Bertz CT molecular complexity index is 1640. The van der Waals surface area contributed by atoms with Gasteiger partial charge >= 0.3 is 0 Å². The molecule has 0 saturated carbocycles. The molecule has 0 radical (unpaired) electrons. The van der Waals surface area contributed by atoms with Crippen LogP contribution in [-0.4, -0.2) is 70.1 Å². The third-order valence-corrected chi connectivity index (χ3v) is 7.23. The summed E-state index contributed by atoms with van der Waals surface area (Å²) in [4.78, 5) is 22.8. The van der Waals surface area contributed by atoms with Crippen LogP contribution in [0.4, 0.5) is 0 Å². The number of amides is 1. The molecule has 3 heterocycles. The number of hydrogen-bond acceptors (Lipinski definition) is 5. The van der Waals surface area contributed by atoms with E-state index in [-0.39, 0.29) is 5.91 Å². The van der Waals surface area contributed by atoms with E-state index in [0.29, 0.717) is 30.2 Å². The van der Waals surface area contributed by atoms with Gasteiger partial charge in [0.2, 0.25) is 0 Å². The number of benzene rings is 3. The van der Waals surface area contributed by atoms with Crippen LogP contribution >= 0.6 is 0 Å². The van der Waals surface area contributed by atoms with Crippen molar-refractivity contribution >= 4 is 17.6 Å². The van der Waals surface area contributed by atoms with Crippen LogP contribution in [0.1, 0.15) is 16.1 Å². The molecule has 1 aliphatic heterocycles. The van der Waals surface area contributed by atoms with E-state index >= 15 is 0 Å². The summed E-state index contributed by atoms with van der Waals surface area (Å²) in [7, 11) is 1.65. The molecule has 0 N–H and O–H groups in total. The molecular weight excluding hydrogens is 498 g/mol. The fraction of sp³-hybridized carbons (Fsp3) is 0.182. The van der Waals surface area contributed by atoms with Crippen LogP contribution in [0.2, 0.25) is 0 Å². The summed E-state index contributed by atoms with van der Waals surface area (Å²) < 4.78 is 7.46. The quantitative estimate of drug-likeness (QED) is 0.277. The second-order valence-electron chi connectivity index (χ2n) is 9.80. The van der Waals surface area contributed by atoms with Gasteiger partial charge in [-0.1, -0.05) is 84.9 Å². The lowest BCUT2D eigenvalue weighted by molar-refractivity contribution is 0.0644. The van der Waals surface area contributed by atoms with E-state index in [4.69, 9.17) is 14.8 Å². The number of carbonyl (C=O) groups excluding carboxylic acids is 1. The highest BCUT2D eigenvalue weighted by Gasteiger charge is 2.25. The van der Waals surface area contributed by atoms with E-state index in [1.807, 2.05) is 89.8 Å². The maximum absolute atomic E-state index is 13.7. The van der Waals surface area contributed by atoms with Gasteiger partial charge in [-0.25, -0.2) is 9.50 Å². The minimum atomic E-state index is -0.0689. The summed E-state index contributed by atoms with van der Waals surface area (Å²) in [5, 5.41) is 4.87. The Morgan fingerprint density at radius 2 is 1.57 bits per heavy atom. The molecule has 40 heavy (non-hydrogen) atoms. The third-order valence-electron chi connectivity index (χ3n) is 7.23. The number of fused-ring (bicyclic) bond motifs is 1. The van der Waals surface area contributed by atoms with Gasteiger partial charge in [0, 0.05) is 49.9 Å². The van der Waals surface area contributed by atoms with Gasteiger partial charge in [0.25, 0.3) is 5.91 Å². The molecule has 7 heteroatoms. The Hall–Kier alpha value is -4.75. The summed E-state index contributed by atoms with van der Waals surface area (Å²) >= 11 is 0. The van der Waals surface area contributed by atoms with Crippen LogP contribution < -0.4 is 4.74 Å².